The van der Waals surface area contributed by atoms with Crippen LogP contribution >= 0.6 is 0 Å². The zero-order valence-electron chi connectivity index (χ0n) is 7.64. The largest absolute Gasteiger partial charge is 0.380 e. The second-order valence-electron chi connectivity index (χ2n) is 4.57. The first-order valence-electron chi connectivity index (χ1n) is 4.80. The Balaban J connectivity index is 1.81. The molecule has 0 unspecified atom stereocenters. The lowest BCUT2D eigenvalue weighted by Gasteiger charge is -2.39. The summed E-state index contributed by atoms with van der Waals surface area (Å²) in [6, 6.07) is 0. The van der Waals surface area contributed by atoms with Crippen molar-refractivity contribution in [3.63, 3.8) is 0 Å². The van der Waals surface area contributed by atoms with Gasteiger partial charge >= 0.3 is 0 Å². The van der Waals surface area contributed by atoms with E-state index in [-0.39, 0.29) is 5.41 Å². The zero-order chi connectivity index (χ0) is 8.60. The van der Waals surface area contributed by atoms with Gasteiger partial charge in [0.05, 0.1) is 13.2 Å². The minimum atomic E-state index is 0.187. The number of ether oxygens (including phenoxy) is 1. The first-order valence-corrected chi connectivity index (χ1v) is 4.80. The fourth-order valence-electron chi connectivity index (χ4n) is 1.85. The highest BCUT2D eigenvalue weighted by atomic mass is 16.5. The summed E-state index contributed by atoms with van der Waals surface area (Å²) in [5.41, 5.74) is 0.187. The Labute approximate surface area is 73.3 Å². The summed E-state index contributed by atoms with van der Waals surface area (Å²) in [6.07, 6.45) is 4.27. The van der Waals surface area contributed by atoms with Gasteiger partial charge in [-0.1, -0.05) is 13.3 Å². The monoisotopic (exact) mass is 168 g/mol. The maximum absolute atomic E-state index is 11.6. The molecule has 2 nitrogen and oxygen atoms in total. The van der Waals surface area contributed by atoms with Crippen LogP contribution in [0.2, 0.25) is 0 Å². The van der Waals surface area contributed by atoms with Crippen LogP contribution in [0.25, 0.3) is 0 Å². The highest BCUT2D eigenvalue weighted by Gasteiger charge is 2.38. The average Bonchev–Trinajstić information content (AvgIpc) is 1.79. The third kappa shape index (κ3) is 1.40. The lowest BCUT2D eigenvalue weighted by Crippen LogP contribution is -2.43. The van der Waals surface area contributed by atoms with Crippen molar-refractivity contribution in [2.75, 3.05) is 13.2 Å². The number of rotatable bonds is 3. The molecule has 2 heteroatoms. The minimum Gasteiger partial charge on any atom is -0.380 e. The maximum Gasteiger partial charge on any atom is 0.136 e. The van der Waals surface area contributed by atoms with E-state index < -0.39 is 0 Å². The van der Waals surface area contributed by atoms with Crippen LogP contribution in [0.4, 0.5) is 0 Å². The molecule has 0 aromatic heterocycles. The molecular weight excluding hydrogens is 152 g/mol. The molecule has 2 fully saturated rings. The second-order valence-corrected chi connectivity index (χ2v) is 4.57. The Bertz CT molecular complexity index is 190. The van der Waals surface area contributed by atoms with Gasteiger partial charge in [0.2, 0.25) is 0 Å². The van der Waals surface area contributed by atoms with Crippen LogP contribution in [0, 0.1) is 11.3 Å². The van der Waals surface area contributed by atoms with Gasteiger partial charge in [0.15, 0.2) is 0 Å². The Morgan fingerprint density at radius 3 is 2.50 bits per heavy atom. The van der Waals surface area contributed by atoms with Crippen LogP contribution in [0.1, 0.15) is 32.6 Å². The molecule has 0 aromatic carbocycles. The van der Waals surface area contributed by atoms with Crippen LogP contribution in [0.3, 0.4) is 0 Å². The SMILES string of the molecule is CC1(CC(=O)C2CCC2)COC1. The third-order valence-electron chi connectivity index (χ3n) is 3.06. The molecule has 1 aliphatic heterocycles. The first-order chi connectivity index (χ1) is 5.70. The van der Waals surface area contributed by atoms with E-state index in [0.717, 1.165) is 32.5 Å². The second kappa shape index (κ2) is 2.84. The number of hydrogen-bond acceptors (Lipinski definition) is 2. The Kier molecular flexibility index (Phi) is 1.95. The highest BCUT2D eigenvalue weighted by molar-refractivity contribution is 5.82. The van der Waals surface area contributed by atoms with Crippen molar-refractivity contribution in [3.8, 4) is 0 Å². The number of Topliss-reactive ketones (excluding diaryl/α,β-unsaturated/α-hetero) is 1. The molecule has 0 aromatic rings. The summed E-state index contributed by atoms with van der Waals surface area (Å²) in [6.45, 7) is 3.71. The van der Waals surface area contributed by atoms with Crippen molar-refractivity contribution in [2.24, 2.45) is 11.3 Å². The molecule has 68 valence electrons. The van der Waals surface area contributed by atoms with E-state index >= 15 is 0 Å². The van der Waals surface area contributed by atoms with E-state index in [1.807, 2.05) is 0 Å². The molecule has 0 radical (unpaired) electrons. The van der Waals surface area contributed by atoms with Gasteiger partial charge < -0.3 is 4.74 Å². The number of carbonyl (C=O) groups is 1. The molecule has 0 amide bonds. The van der Waals surface area contributed by atoms with Crippen molar-refractivity contribution in [1.82, 2.24) is 0 Å². The Morgan fingerprint density at radius 2 is 2.17 bits per heavy atom. The summed E-state index contributed by atoms with van der Waals surface area (Å²) < 4.78 is 5.12. The molecule has 0 spiro atoms. The molecular formula is C10H16O2. The molecule has 0 bridgehead atoms. The van der Waals surface area contributed by atoms with Gasteiger partial charge in [-0.2, -0.15) is 0 Å². The maximum atomic E-state index is 11.6. The lowest BCUT2D eigenvalue weighted by molar-refractivity contribution is -0.142. The van der Waals surface area contributed by atoms with Gasteiger partial charge in [-0.3, -0.25) is 4.79 Å². The van der Waals surface area contributed by atoms with Gasteiger partial charge in [-0.05, 0) is 12.8 Å². The summed E-state index contributed by atoms with van der Waals surface area (Å²) in [7, 11) is 0. The predicted molar refractivity (Wildman–Crippen MR) is 45.9 cm³/mol. The smallest absolute Gasteiger partial charge is 0.136 e. The lowest BCUT2D eigenvalue weighted by atomic mass is 9.74. The van der Waals surface area contributed by atoms with Gasteiger partial charge in [-0.25, -0.2) is 0 Å². The molecule has 12 heavy (non-hydrogen) atoms. The average molecular weight is 168 g/mol. The predicted octanol–water partition coefficient (Wildman–Crippen LogP) is 1.78. The first kappa shape index (κ1) is 8.24. The van der Waals surface area contributed by atoms with Crippen molar-refractivity contribution >= 4 is 5.78 Å². The van der Waals surface area contributed by atoms with Gasteiger partial charge in [-0.15, -0.1) is 0 Å². The topological polar surface area (TPSA) is 26.3 Å². The van der Waals surface area contributed by atoms with Crippen LogP contribution in [0.15, 0.2) is 0 Å². The third-order valence-corrected chi connectivity index (χ3v) is 3.06. The molecule has 0 N–H and O–H groups in total. The van der Waals surface area contributed by atoms with Gasteiger partial charge in [0, 0.05) is 17.8 Å². The quantitative estimate of drug-likeness (QED) is 0.642. The minimum absolute atomic E-state index is 0.187. The molecule has 2 aliphatic rings. The standard InChI is InChI=1S/C10H16O2/c1-10(6-12-7-10)5-9(11)8-3-2-4-8/h8H,2-7H2,1H3. The molecule has 1 saturated carbocycles. The van der Waals surface area contributed by atoms with Crippen LogP contribution in [0.5, 0.6) is 0 Å². The number of carbonyl (C=O) groups excluding carboxylic acids is 1. The van der Waals surface area contributed by atoms with E-state index in [4.69, 9.17) is 4.74 Å². The van der Waals surface area contributed by atoms with E-state index in [1.54, 1.807) is 0 Å². The summed E-state index contributed by atoms with van der Waals surface area (Å²) in [4.78, 5) is 11.6. The molecule has 1 saturated heterocycles. The normalized spacial score (nSPS) is 27.4. The molecule has 1 aliphatic carbocycles. The summed E-state index contributed by atoms with van der Waals surface area (Å²) in [5, 5.41) is 0. The molecule has 0 atom stereocenters. The fourth-order valence-corrected chi connectivity index (χ4v) is 1.85. The van der Waals surface area contributed by atoms with Gasteiger partial charge in [0.25, 0.3) is 0 Å². The van der Waals surface area contributed by atoms with E-state index in [9.17, 15) is 4.79 Å². The highest BCUT2D eigenvalue weighted by Crippen LogP contribution is 2.36. The molecule has 1 heterocycles. The Morgan fingerprint density at radius 1 is 1.50 bits per heavy atom. The van der Waals surface area contributed by atoms with Gasteiger partial charge in [0.1, 0.15) is 5.78 Å². The summed E-state index contributed by atoms with van der Waals surface area (Å²) in [5.74, 6) is 0.884. The van der Waals surface area contributed by atoms with E-state index in [0.29, 0.717) is 11.7 Å². The zero-order valence-corrected chi connectivity index (χ0v) is 7.64. The number of hydrogen-bond donors (Lipinski definition) is 0. The summed E-state index contributed by atoms with van der Waals surface area (Å²) >= 11 is 0. The van der Waals surface area contributed by atoms with Crippen molar-refractivity contribution in [1.29, 1.82) is 0 Å². The Hall–Kier alpha value is -0.370. The van der Waals surface area contributed by atoms with Crippen LogP contribution < -0.4 is 0 Å². The fraction of sp³-hybridized carbons (Fsp3) is 0.900. The van der Waals surface area contributed by atoms with E-state index in [1.165, 1.54) is 6.42 Å². The van der Waals surface area contributed by atoms with Crippen LogP contribution in [-0.4, -0.2) is 19.0 Å². The number of ketones is 1. The van der Waals surface area contributed by atoms with Crippen LogP contribution in [-0.2, 0) is 9.53 Å². The molecule has 2 rings (SSSR count). The van der Waals surface area contributed by atoms with Crippen molar-refractivity contribution in [3.05, 3.63) is 0 Å². The van der Waals surface area contributed by atoms with Crippen molar-refractivity contribution < 1.29 is 9.53 Å². The van der Waals surface area contributed by atoms with Crippen molar-refractivity contribution in [2.45, 2.75) is 32.6 Å². The van der Waals surface area contributed by atoms with E-state index in [2.05, 4.69) is 6.92 Å².